The predicted octanol–water partition coefficient (Wildman–Crippen LogP) is 4.46. The molecule has 1 aromatic carbocycles. The molecule has 1 unspecified atom stereocenters. The molecule has 0 aliphatic carbocycles. The van der Waals surface area contributed by atoms with E-state index in [2.05, 4.69) is 28.2 Å². The van der Waals surface area contributed by atoms with Gasteiger partial charge in [-0.05, 0) is 53.0 Å². The van der Waals surface area contributed by atoms with Gasteiger partial charge in [0.25, 0.3) is 0 Å². The summed E-state index contributed by atoms with van der Waals surface area (Å²) < 4.78 is 19.8. The maximum atomic E-state index is 14.2. The van der Waals surface area contributed by atoms with Crippen molar-refractivity contribution in [3.8, 4) is 0 Å². The third kappa shape index (κ3) is 3.67. The van der Waals surface area contributed by atoms with Crippen molar-refractivity contribution in [2.24, 2.45) is 0 Å². The molecular weight excluding hydrogens is 309 g/mol. The Morgan fingerprint density at radius 1 is 1.37 bits per heavy atom. The first-order valence-corrected chi connectivity index (χ1v) is 7.20. The van der Waals surface area contributed by atoms with Gasteiger partial charge in [0.05, 0.1) is 17.0 Å². The highest BCUT2D eigenvalue weighted by atomic mass is 79.9. The molecule has 0 spiro atoms. The van der Waals surface area contributed by atoms with Crippen LogP contribution in [0.1, 0.15) is 30.5 Å². The van der Waals surface area contributed by atoms with Gasteiger partial charge >= 0.3 is 0 Å². The SMILES string of the molecule is CCCNC(Cc1ccoc1)c1cccc(Br)c1F. The van der Waals surface area contributed by atoms with E-state index in [0.717, 1.165) is 18.5 Å². The van der Waals surface area contributed by atoms with Gasteiger partial charge in [-0.25, -0.2) is 4.39 Å². The molecule has 0 amide bonds. The molecule has 1 N–H and O–H groups in total. The Labute approximate surface area is 121 Å². The van der Waals surface area contributed by atoms with Gasteiger partial charge in [-0.2, -0.15) is 0 Å². The van der Waals surface area contributed by atoms with Crippen LogP contribution in [0.15, 0.2) is 45.7 Å². The highest BCUT2D eigenvalue weighted by molar-refractivity contribution is 9.10. The Morgan fingerprint density at radius 3 is 2.89 bits per heavy atom. The van der Waals surface area contributed by atoms with Gasteiger partial charge in [-0.1, -0.05) is 19.1 Å². The second-order valence-corrected chi connectivity index (χ2v) is 5.34. The molecule has 0 aliphatic heterocycles. The van der Waals surface area contributed by atoms with Crippen molar-refractivity contribution in [2.45, 2.75) is 25.8 Å². The molecule has 0 bridgehead atoms. The van der Waals surface area contributed by atoms with Crippen molar-refractivity contribution in [2.75, 3.05) is 6.54 Å². The third-order valence-electron chi connectivity index (χ3n) is 3.02. The lowest BCUT2D eigenvalue weighted by Gasteiger charge is -2.19. The minimum atomic E-state index is -0.195. The van der Waals surface area contributed by atoms with Gasteiger partial charge < -0.3 is 9.73 Å². The van der Waals surface area contributed by atoms with Crippen LogP contribution in [0.5, 0.6) is 0 Å². The van der Waals surface area contributed by atoms with Crippen molar-refractivity contribution in [1.29, 1.82) is 0 Å². The Morgan fingerprint density at radius 2 is 2.21 bits per heavy atom. The summed E-state index contributed by atoms with van der Waals surface area (Å²) in [7, 11) is 0. The molecular formula is C15H17BrFNO. The normalized spacial score (nSPS) is 12.6. The fourth-order valence-electron chi connectivity index (χ4n) is 2.04. The van der Waals surface area contributed by atoms with Crippen LogP contribution in [-0.4, -0.2) is 6.54 Å². The molecule has 102 valence electrons. The molecule has 1 aromatic heterocycles. The van der Waals surface area contributed by atoms with Crippen molar-refractivity contribution in [1.82, 2.24) is 5.32 Å². The molecule has 0 fully saturated rings. The number of benzene rings is 1. The van der Waals surface area contributed by atoms with Crippen LogP contribution in [-0.2, 0) is 6.42 Å². The number of rotatable bonds is 6. The zero-order valence-electron chi connectivity index (χ0n) is 10.8. The predicted molar refractivity (Wildman–Crippen MR) is 77.5 cm³/mol. The van der Waals surface area contributed by atoms with Crippen molar-refractivity contribution in [3.05, 3.63) is 58.2 Å². The molecule has 19 heavy (non-hydrogen) atoms. The zero-order valence-corrected chi connectivity index (χ0v) is 12.4. The monoisotopic (exact) mass is 325 g/mol. The first kappa shape index (κ1) is 14.3. The molecule has 4 heteroatoms. The minimum Gasteiger partial charge on any atom is -0.472 e. The quantitative estimate of drug-likeness (QED) is 0.847. The van der Waals surface area contributed by atoms with Gasteiger partial charge in [0.1, 0.15) is 5.82 Å². The molecule has 1 heterocycles. The summed E-state index contributed by atoms with van der Waals surface area (Å²) in [5.74, 6) is -0.195. The Balaban J connectivity index is 2.23. The molecule has 0 aliphatic rings. The fourth-order valence-corrected chi connectivity index (χ4v) is 2.43. The summed E-state index contributed by atoms with van der Waals surface area (Å²) in [6, 6.07) is 7.27. The maximum Gasteiger partial charge on any atom is 0.142 e. The minimum absolute atomic E-state index is 0.0463. The molecule has 0 saturated heterocycles. The topological polar surface area (TPSA) is 25.2 Å². The van der Waals surface area contributed by atoms with Crippen LogP contribution < -0.4 is 5.32 Å². The molecule has 0 saturated carbocycles. The number of halogens is 2. The molecule has 2 rings (SSSR count). The summed E-state index contributed by atoms with van der Waals surface area (Å²) in [6.45, 7) is 2.95. The fraction of sp³-hybridized carbons (Fsp3) is 0.333. The van der Waals surface area contributed by atoms with E-state index < -0.39 is 0 Å². The van der Waals surface area contributed by atoms with Gasteiger partial charge in [0.15, 0.2) is 0 Å². The average Bonchev–Trinajstić information content (AvgIpc) is 2.91. The van der Waals surface area contributed by atoms with E-state index in [-0.39, 0.29) is 11.9 Å². The molecule has 1 atom stereocenters. The highest BCUT2D eigenvalue weighted by Gasteiger charge is 2.17. The second-order valence-electron chi connectivity index (χ2n) is 4.49. The summed E-state index contributed by atoms with van der Waals surface area (Å²) in [6.07, 6.45) is 5.07. The number of hydrogen-bond acceptors (Lipinski definition) is 2. The highest BCUT2D eigenvalue weighted by Crippen LogP contribution is 2.26. The largest absolute Gasteiger partial charge is 0.472 e. The second kappa shape index (κ2) is 6.87. The summed E-state index contributed by atoms with van der Waals surface area (Å²) >= 11 is 3.24. The van der Waals surface area contributed by atoms with E-state index >= 15 is 0 Å². The van der Waals surface area contributed by atoms with E-state index in [1.54, 1.807) is 18.6 Å². The zero-order chi connectivity index (χ0) is 13.7. The Bertz CT molecular complexity index is 513. The lowest BCUT2D eigenvalue weighted by molar-refractivity contribution is 0.491. The summed E-state index contributed by atoms with van der Waals surface area (Å²) in [5, 5.41) is 3.39. The maximum absolute atomic E-state index is 14.2. The summed E-state index contributed by atoms with van der Waals surface area (Å²) in [4.78, 5) is 0. The van der Waals surface area contributed by atoms with E-state index in [1.807, 2.05) is 18.2 Å². The van der Waals surface area contributed by atoms with Crippen molar-refractivity contribution < 1.29 is 8.81 Å². The van der Waals surface area contributed by atoms with Crippen LogP contribution >= 0.6 is 15.9 Å². The van der Waals surface area contributed by atoms with Gasteiger partial charge in [-0.3, -0.25) is 0 Å². The number of hydrogen-bond donors (Lipinski definition) is 1. The molecule has 0 radical (unpaired) electrons. The van der Waals surface area contributed by atoms with Crippen LogP contribution in [0.4, 0.5) is 4.39 Å². The standard InChI is InChI=1S/C15H17BrFNO/c1-2-7-18-14(9-11-6-8-19-10-11)12-4-3-5-13(16)15(12)17/h3-6,8,10,14,18H,2,7,9H2,1H3. The van der Waals surface area contributed by atoms with Gasteiger partial charge in [0, 0.05) is 11.6 Å². The molecule has 2 nitrogen and oxygen atoms in total. The Kier molecular flexibility index (Phi) is 5.16. The van der Waals surface area contributed by atoms with Crippen LogP contribution in [0.3, 0.4) is 0 Å². The van der Waals surface area contributed by atoms with E-state index in [4.69, 9.17) is 4.42 Å². The van der Waals surface area contributed by atoms with Crippen molar-refractivity contribution >= 4 is 15.9 Å². The van der Waals surface area contributed by atoms with Crippen LogP contribution in [0.2, 0.25) is 0 Å². The van der Waals surface area contributed by atoms with E-state index in [1.165, 1.54) is 0 Å². The molecule has 2 aromatic rings. The number of nitrogens with one attached hydrogen (secondary N) is 1. The van der Waals surface area contributed by atoms with Gasteiger partial charge in [-0.15, -0.1) is 0 Å². The van der Waals surface area contributed by atoms with E-state index in [0.29, 0.717) is 16.5 Å². The van der Waals surface area contributed by atoms with Gasteiger partial charge in [0.2, 0.25) is 0 Å². The van der Waals surface area contributed by atoms with E-state index in [9.17, 15) is 4.39 Å². The first-order valence-electron chi connectivity index (χ1n) is 6.40. The lowest BCUT2D eigenvalue weighted by Crippen LogP contribution is -2.25. The third-order valence-corrected chi connectivity index (χ3v) is 3.63. The first-order chi connectivity index (χ1) is 9.22. The lowest BCUT2D eigenvalue weighted by atomic mass is 10.00. The average molecular weight is 326 g/mol. The Hall–Kier alpha value is -1.13. The summed E-state index contributed by atoms with van der Waals surface area (Å²) in [5.41, 5.74) is 1.75. The smallest absolute Gasteiger partial charge is 0.142 e. The van der Waals surface area contributed by atoms with Crippen LogP contribution in [0.25, 0.3) is 0 Å². The van der Waals surface area contributed by atoms with Crippen molar-refractivity contribution in [3.63, 3.8) is 0 Å². The van der Waals surface area contributed by atoms with Crippen LogP contribution in [0, 0.1) is 5.82 Å². The number of furan rings is 1.